The molecule has 4 heteroatoms. The lowest BCUT2D eigenvalue weighted by Gasteiger charge is -2.33. The summed E-state index contributed by atoms with van der Waals surface area (Å²) in [4.78, 5) is 0. The first-order chi connectivity index (χ1) is 7.40. The molecule has 0 N–H and O–H groups in total. The van der Waals surface area contributed by atoms with E-state index in [1.807, 2.05) is 4.68 Å². The van der Waals surface area contributed by atoms with Crippen LogP contribution in [0.25, 0.3) is 0 Å². The van der Waals surface area contributed by atoms with Crippen molar-refractivity contribution in [1.29, 1.82) is 0 Å². The molecule has 5 rings (SSSR count). The molecule has 2 fully saturated rings. The number of tetrazole rings is 1. The van der Waals surface area contributed by atoms with Crippen LogP contribution < -0.4 is 0 Å². The number of aromatic nitrogens is 4. The van der Waals surface area contributed by atoms with Crippen molar-refractivity contribution in [2.24, 2.45) is 23.7 Å². The molecular formula is C11H14N4. The molecule has 4 bridgehead atoms. The Morgan fingerprint density at radius 3 is 3.13 bits per heavy atom. The van der Waals surface area contributed by atoms with Gasteiger partial charge in [-0.2, -0.15) is 0 Å². The Balaban J connectivity index is 1.61. The van der Waals surface area contributed by atoms with Crippen LogP contribution in [0.1, 0.15) is 19.3 Å². The van der Waals surface area contributed by atoms with Gasteiger partial charge in [-0.25, -0.2) is 4.68 Å². The van der Waals surface area contributed by atoms with Crippen LogP contribution in [0.3, 0.4) is 0 Å². The highest BCUT2D eigenvalue weighted by molar-refractivity contribution is 5.26. The Kier molecular flexibility index (Phi) is 1.43. The summed E-state index contributed by atoms with van der Waals surface area (Å²) >= 11 is 0. The SMILES string of the molecule is C1=C2CC3CC2CC1C3Cn1cnnn1. The lowest BCUT2D eigenvalue weighted by Crippen LogP contribution is -2.29. The molecule has 4 aliphatic rings. The van der Waals surface area contributed by atoms with E-state index in [0.717, 1.165) is 30.2 Å². The molecule has 78 valence electrons. The Bertz CT molecular complexity index is 408. The summed E-state index contributed by atoms with van der Waals surface area (Å²) in [6.07, 6.45) is 8.47. The van der Waals surface area contributed by atoms with Crippen LogP contribution in [0.5, 0.6) is 0 Å². The largest absolute Gasteiger partial charge is 0.232 e. The molecule has 0 aliphatic heterocycles. The van der Waals surface area contributed by atoms with Gasteiger partial charge in [0.1, 0.15) is 6.33 Å². The average Bonchev–Trinajstić information content (AvgIpc) is 2.83. The first-order valence-electron chi connectivity index (χ1n) is 5.81. The van der Waals surface area contributed by atoms with Gasteiger partial charge in [-0.05, 0) is 53.4 Å². The van der Waals surface area contributed by atoms with E-state index in [1.54, 1.807) is 11.9 Å². The normalized spacial score (nSPS) is 41.2. The number of allylic oxidation sites excluding steroid dienone is 2. The molecule has 1 heterocycles. The zero-order valence-electron chi connectivity index (χ0n) is 8.58. The van der Waals surface area contributed by atoms with E-state index in [1.165, 1.54) is 19.3 Å². The van der Waals surface area contributed by atoms with Crippen LogP contribution in [0.2, 0.25) is 0 Å². The summed E-state index contributed by atoms with van der Waals surface area (Å²) in [6, 6.07) is 0. The molecule has 4 nitrogen and oxygen atoms in total. The number of rotatable bonds is 2. The van der Waals surface area contributed by atoms with Crippen LogP contribution in [0, 0.1) is 23.7 Å². The molecule has 1 aromatic heterocycles. The molecule has 4 unspecified atom stereocenters. The fourth-order valence-electron chi connectivity index (χ4n) is 3.93. The van der Waals surface area contributed by atoms with Gasteiger partial charge in [-0.3, -0.25) is 0 Å². The van der Waals surface area contributed by atoms with Crippen LogP contribution in [0.15, 0.2) is 18.0 Å². The molecule has 4 aliphatic carbocycles. The second-order valence-electron chi connectivity index (χ2n) is 5.23. The summed E-state index contributed by atoms with van der Waals surface area (Å²) < 4.78 is 1.90. The van der Waals surface area contributed by atoms with Crippen LogP contribution in [-0.4, -0.2) is 20.2 Å². The van der Waals surface area contributed by atoms with Crippen molar-refractivity contribution in [2.75, 3.05) is 0 Å². The second kappa shape index (κ2) is 2.68. The predicted octanol–water partition coefficient (Wildman–Crippen LogP) is 1.28. The van der Waals surface area contributed by atoms with E-state index in [-0.39, 0.29) is 0 Å². The van der Waals surface area contributed by atoms with Gasteiger partial charge < -0.3 is 0 Å². The van der Waals surface area contributed by atoms with Gasteiger partial charge in [0.15, 0.2) is 0 Å². The van der Waals surface area contributed by atoms with Crippen molar-refractivity contribution in [2.45, 2.75) is 25.8 Å². The molecule has 0 amide bonds. The minimum absolute atomic E-state index is 0.788. The Labute approximate surface area is 88.4 Å². The highest BCUT2D eigenvalue weighted by Gasteiger charge is 2.48. The van der Waals surface area contributed by atoms with Gasteiger partial charge in [0, 0.05) is 6.54 Å². The maximum Gasteiger partial charge on any atom is 0.138 e. The lowest BCUT2D eigenvalue weighted by atomic mass is 9.73. The summed E-state index contributed by atoms with van der Waals surface area (Å²) in [6.45, 7) is 1.01. The van der Waals surface area contributed by atoms with Gasteiger partial charge in [0.2, 0.25) is 0 Å². The van der Waals surface area contributed by atoms with Crippen molar-refractivity contribution < 1.29 is 0 Å². The summed E-state index contributed by atoms with van der Waals surface area (Å²) in [5.74, 6) is 3.47. The van der Waals surface area contributed by atoms with Crippen molar-refractivity contribution in [1.82, 2.24) is 20.2 Å². The lowest BCUT2D eigenvalue weighted by molar-refractivity contribution is 0.168. The molecule has 0 radical (unpaired) electrons. The zero-order valence-corrected chi connectivity index (χ0v) is 8.58. The number of hydrogen-bond acceptors (Lipinski definition) is 3. The van der Waals surface area contributed by atoms with Gasteiger partial charge in [0.25, 0.3) is 0 Å². The highest BCUT2D eigenvalue weighted by atomic mass is 15.5. The van der Waals surface area contributed by atoms with Gasteiger partial charge >= 0.3 is 0 Å². The quantitative estimate of drug-likeness (QED) is 0.678. The molecule has 0 spiro atoms. The van der Waals surface area contributed by atoms with E-state index in [2.05, 4.69) is 21.6 Å². The topological polar surface area (TPSA) is 43.6 Å². The summed E-state index contributed by atoms with van der Waals surface area (Å²) in [7, 11) is 0. The number of hydrogen-bond donors (Lipinski definition) is 0. The van der Waals surface area contributed by atoms with Gasteiger partial charge in [0.05, 0.1) is 0 Å². The van der Waals surface area contributed by atoms with Crippen molar-refractivity contribution in [3.8, 4) is 0 Å². The Morgan fingerprint density at radius 2 is 2.40 bits per heavy atom. The maximum atomic E-state index is 3.98. The minimum Gasteiger partial charge on any atom is -0.232 e. The minimum atomic E-state index is 0.788. The monoisotopic (exact) mass is 202 g/mol. The van der Waals surface area contributed by atoms with E-state index >= 15 is 0 Å². The fraction of sp³-hybridized carbons (Fsp3) is 0.727. The molecule has 0 saturated heterocycles. The smallest absolute Gasteiger partial charge is 0.138 e. The Hall–Kier alpha value is -1.19. The highest BCUT2D eigenvalue weighted by Crippen LogP contribution is 2.57. The number of nitrogens with zero attached hydrogens (tertiary/aromatic N) is 4. The standard InChI is InChI=1S/C11H14N4/c1-7-2-10-4-8(7)3-9(1)11(10)5-15-6-12-13-14-15/h1,6,8-11H,2-5H2. The molecule has 1 aromatic rings. The third-order valence-electron chi connectivity index (χ3n) is 4.54. The fourth-order valence-corrected chi connectivity index (χ4v) is 3.93. The van der Waals surface area contributed by atoms with Crippen LogP contribution in [0.4, 0.5) is 0 Å². The third-order valence-corrected chi connectivity index (χ3v) is 4.54. The van der Waals surface area contributed by atoms with Gasteiger partial charge in [-0.1, -0.05) is 11.6 Å². The molecule has 4 atom stereocenters. The molecule has 15 heavy (non-hydrogen) atoms. The summed E-state index contributed by atoms with van der Waals surface area (Å²) in [5, 5.41) is 11.4. The van der Waals surface area contributed by atoms with Gasteiger partial charge in [-0.15, -0.1) is 5.10 Å². The first kappa shape index (κ1) is 8.02. The van der Waals surface area contributed by atoms with Crippen LogP contribution >= 0.6 is 0 Å². The maximum absolute atomic E-state index is 3.98. The van der Waals surface area contributed by atoms with E-state index < -0.39 is 0 Å². The van der Waals surface area contributed by atoms with Crippen molar-refractivity contribution in [3.63, 3.8) is 0 Å². The predicted molar refractivity (Wildman–Crippen MR) is 53.7 cm³/mol. The van der Waals surface area contributed by atoms with E-state index in [0.29, 0.717) is 0 Å². The zero-order chi connectivity index (χ0) is 9.83. The molecule has 0 aromatic carbocycles. The molecule has 2 saturated carbocycles. The first-order valence-corrected chi connectivity index (χ1v) is 5.81. The second-order valence-corrected chi connectivity index (χ2v) is 5.23. The van der Waals surface area contributed by atoms with E-state index in [9.17, 15) is 0 Å². The van der Waals surface area contributed by atoms with Crippen LogP contribution in [-0.2, 0) is 6.54 Å². The van der Waals surface area contributed by atoms with E-state index in [4.69, 9.17) is 0 Å². The molecular weight excluding hydrogens is 188 g/mol. The van der Waals surface area contributed by atoms with Crippen molar-refractivity contribution in [3.05, 3.63) is 18.0 Å². The third kappa shape index (κ3) is 1.05. The Morgan fingerprint density at radius 1 is 1.40 bits per heavy atom. The van der Waals surface area contributed by atoms with Crippen molar-refractivity contribution >= 4 is 0 Å². The average molecular weight is 202 g/mol. The summed E-state index contributed by atoms with van der Waals surface area (Å²) in [5.41, 5.74) is 1.76.